The molecule has 18 heavy (non-hydrogen) atoms. The molecule has 1 unspecified atom stereocenters. The summed E-state index contributed by atoms with van der Waals surface area (Å²) < 4.78 is 10.7. The van der Waals surface area contributed by atoms with Crippen molar-refractivity contribution in [1.29, 1.82) is 0 Å². The van der Waals surface area contributed by atoms with Gasteiger partial charge in [0, 0.05) is 11.6 Å². The fourth-order valence-corrected chi connectivity index (χ4v) is 1.98. The molecule has 1 aromatic carbocycles. The lowest BCUT2D eigenvalue weighted by Gasteiger charge is -2.11. The Labute approximate surface area is 111 Å². The quantitative estimate of drug-likeness (QED) is 0.832. The van der Waals surface area contributed by atoms with Crippen molar-refractivity contribution in [3.63, 3.8) is 0 Å². The highest BCUT2D eigenvalue weighted by Crippen LogP contribution is 2.16. The molecule has 1 heterocycles. The predicted octanol–water partition coefficient (Wildman–Crippen LogP) is 2.01. The van der Waals surface area contributed by atoms with E-state index in [-0.39, 0.29) is 12.0 Å². The summed E-state index contributed by atoms with van der Waals surface area (Å²) in [6, 6.07) is 7.17. The molecule has 0 radical (unpaired) electrons. The van der Waals surface area contributed by atoms with Gasteiger partial charge < -0.3 is 14.8 Å². The van der Waals surface area contributed by atoms with Gasteiger partial charge in [-0.05, 0) is 31.0 Å². The number of rotatable bonds is 5. The molecule has 1 atom stereocenters. The van der Waals surface area contributed by atoms with Crippen molar-refractivity contribution in [2.24, 2.45) is 0 Å². The smallest absolute Gasteiger partial charge is 0.249 e. The maximum Gasteiger partial charge on any atom is 0.249 e. The Hall–Kier alpha value is -1.26. The minimum absolute atomic E-state index is 0.0535. The molecule has 1 saturated heterocycles. The highest BCUT2D eigenvalue weighted by atomic mass is 35.5. The van der Waals surface area contributed by atoms with E-state index in [0.717, 1.165) is 12.8 Å². The summed E-state index contributed by atoms with van der Waals surface area (Å²) in [6.07, 6.45) is 1.48. The van der Waals surface area contributed by atoms with Crippen LogP contribution in [0, 0.1) is 0 Å². The normalized spacial score (nSPS) is 18.6. The minimum Gasteiger partial charge on any atom is -0.492 e. The number of amides is 1. The van der Waals surface area contributed by atoms with Crippen molar-refractivity contribution in [3.8, 4) is 5.75 Å². The number of hydrogen-bond acceptors (Lipinski definition) is 3. The first-order chi connectivity index (χ1) is 8.75. The number of carbonyl (C=O) groups excluding carboxylic acids is 1. The molecule has 1 aliphatic heterocycles. The van der Waals surface area contributed by atoms with E-state index in [0.29, 0.717) is 30.5 Å². The van der Waals surface area contributed by atoms with Crippen LogP contribution in [0.3, 0.4) is 0 Å². The van der Waals surface area contributed by atoms with Crippen LogP contribution < -0.4 is 10.1 Å². The SMILES string of the molecule is O=C(NCCOc1cccc(Cl)c1)C1CCCO1. The Kier molecular flexibility index (Phi) is 4.84. The molecule has 4 nitrogen and oxygen atoms in total. The molecule has 1 N–H and O–H groups in total. The Morgan fingerprint density at radius 2 is 2.44 bits per heavy atom. The van der Waals surface area contributed by atoms with Crippen LogP contribution >= 0.6 is 11.6 Å². The predicted molar refractivity (Wildman–Crippen MR) is 68.9 cm³/mol. The first-order valence-corrected chi connectivity index (χ1v) is 6.41. The summed E-state index contributed by atoms with van der Waals surface area (Å²) in [6.45, 7) is 1.56. The molecule has 0 saturated carbocycles. The van der Waals surface area contributed by atoms with Gasteiger partial charge in [0.2, 0.25) is 5.91 Å². The fourth-order valence-electron chi connectivity index (χ4n) is 1.80. The third kappa shape index (κ3) is 3.89. The zero-order chi connectivity index (χ0) is 12.8. The number of nitrogens with one attached hydrogen (secondary N) is 1. The average molecular weight is 270 g/mol. The molecule has 1 amide bonds. The third-order valence-corrected chi connectivity index (χ3v) is 2.92. The van der Waals surface area contributed by atoms with Gasteiger partial charge >= 0.3 is 0 Å². The average Bonchev–Trinajstić information content (AvgIpc) is 2.88. The van der Waals surface area contributed by atoms with Crippen LogP contribution in [0.25, 0.3) is 0 Å². The lowest BCUT2D eigenvalue weighted by atomic mass is 10.2. The number of halogens is 1. The number of ether oxygens (including phenoxy) is 2. The molecule has 5 heteroatoms. The second kappa shape index (κ2) is 6.61. The molecule has 0 aliphatic carbocycles. The van der Waals surface area contributed by atoms with Gasteiger partial charge in [0.25, 0.3) is 0 Å². The number of carbonyl (C=O) groups is 1. The van der Waals surface area contributed by atoms with Crippen LogP contribution in [0.15, 0.2) is 24.3 Å². The summed E-state index contributed by atoms with van der Waals surface area (Å²) in [5.41, 5.74) is 0. The van der Waals surface area contributed by atoms with Gasteiger partial charge in [-0.15, -0.1) is 0 Å². The third-order valence-electron chi connectivity index (χ3n) is 2.69. The van der Waals surface area contributed by atoms with Crippen LogP contribution in [-0.4, -0.2) is 31.8 Å². The lowest BCUT2D eigenvalue weighted by Crippen LogP contribution is -2.36. The summed E-state index contributed by atoms with van der Waals surface area (Å²) in [5, 5.41) is 3.42. The Bertz CT molecular complexity index is 405. The monoisotopic (exact) mass is 269 g/mol. The zero-order valence-electron chi connectivity index (χ0n) is 10.0. The first-order valence-electron chi connectivity index (χ1n) is 6.03. The van der Waals surface area contributed by atoms with E-state index in [4.69, 9.17) is 21.1 Å². The summed E-state index contributed by atoms with van der Waals surface area (Å²) in [7, 11) is 0. The number of benzene rings is 1. The molecule has 0 bridgehead atoms. The van der Waals surface area contributed by atoms with Gasteiger partial charge in [-0.25, -0.2) is 0 Å². The maximum absolute atomic E-state index is 11.6. The molecule has 0 spiro atoms. The van der Waals surface area contributed by atoms with E-state index < -0.39 is 0 Å². The Morgan fingerprint density at radius 3 is 3.17 bits per heavy atom. The number of hydrogen-bond donors (Lipinski definition) is 1. The van der Waals surface area contributed by atoms with Crippen molar-refractivity contribution in [2.75, 3.05) is 19.8 Å². The van der Waals surface area contributed by atoms with E-state index in [9.17, 15) is 4.79 Å². The molecule has 1 aliphatic rings. The van der Waals surface area contributed by atoms with Crippen LogP contribution in [0.1, 0.15) is 12.8 Å². The summed E-state index contributed by atoms with van der Waals surface area (Å²) >= 11 is 5.83. The highest BCUT2D eigenvalue weighted by Gasteiger charge is 2.22. The highest BCUT2D eigenvalue weighted by molar-refractivity contribution is 6.30. The molecule has 0 aromatic heterocycles. The molecular weight excluding hydrogens is 254 g/mol. The van der Waals surface area contributed by atoms with Gasteiger partial charge in [0.05, 0.1) is 6.54 Å². The van der Waals surface area contributed by atoms with Crippen molar-refractivity contribution in [1.82, 2.24) is 5.32 Å². The van der Waals surface area contributed by atoms with Crippen LogP contribution in [-0.2, 0) is 9.53 Å². The van der Waals surface area contributed by atoms with Gasteiger partial charge in [-0.3, -0.25) is 4.79 Å². The van der Waals surface area contributed by atoms with Crippen LogP contribution in [0.5, 0.6) is 5.75 Å². The van der Waals surface area contributed by atoms with Crippen molar-refractivity contribution < 1.29 is 14.3 Å². The van der Waals surface area contributed by atoms with E-state index in [1.54, 1.807) is 12.1 Å². The van der Waals surface area contributed by atoms with E-state index in [1.807, 2.05) is 12.1 Å². The van der Waals surface area contributed by atoms with E-state index in [2.05, 4.69) is 5.32 Å². The van der Waals surface area contributed by atoms with Gasteiger partial charge in [-0.2, -0.15) is 0 Å². The van der Waals surface area contributed by atoms with Crippen LogP contribution in [0.4, 0.5) is 0 Å². The second-order valence-corrected chi connectivity index (χ2v) is 4.53. The van der Waals surface area contributed by atoms with Crippen molar-refractivity contribution in [3.05, 3.63) is 29.3 Å². The van der Waals surface area contributed by atoms with Crippen LogP contribution in [0.2, 0.25) is 5.02 Å². The fraction of sp³-hybridized carbons (Fsp3) is 0.462. The van der Waals surface area contributed by atoms with E-state index >= 15 is 0 Å². The van der Waals surface area contributed by atoms with Gasteiger partial charge in [0.1, 0.15) is 18.5 Å². The topological polar surface area (TPSA) is 47.6 Å². The summed E-state index contributed by atoms with van der Waals surface area (Å²) in [4.78, 5) is 11.6. The second-order valence-electron chi connectivity index (χ2n) is 4.10. The standard InChI is InChI=1S/C13H16ClNO3/c14-10-3-1-4-11(9-10)17-8-6-15-13(16)12-5-2-7-18-12/h1,3-4,9,12H,2,5-8H2,(H,15,16). The van der Waals surface area contributed by atoms with E-state index in [1.165, 1.54) is 0 Å². The Balaban J connectivity index is 1.65. The van der Waals surface area contributed by atoms with Crippen molar-refractivity contribution in [2.45, 2.75) is 18.9 Å². The zero-order valence-corrected chi connectivity index (χ0v) is 10.8. The van der Waals surface area contributed by atoms with Gasteiger partial charge in [0.15, 0.2) is 0 Å². The molecule has 1 aromatic rings. The maximum atomic E-state index is 11.6. The molecule has 98 valence electrons. The first kappa shape index (κ1) is 13.2. The van der Waals surface area contributed by atoms with Crippen molar-refractivity contribution >= 4 is 17.5 Å². The summed E-state index contributed by atoms with van der Waals surface area (Å²) in [5.74, 6) is 0.649. The lowest BCUT2D eigenvalue weighted by molar-refractivity contribution is -0.130. The molecular formula is C13H16ClNO3. The minimum atomic E-state index is -0.281. The van der Waals surface area contributed by atoms with Gasteiger partial charge in [-0.1, -0.05) is 17.7 Å². The molecule has 1 fully saturated rings. The molecule has 2 rings (SSSR count). The Morgan fingerprint density at radius 1 is 1.56 bits per heavy atom. The largest absolute Gasteiger partial charge is 0.492 e.